The molecule has 0 amide bonds. The highest BCUT2D eigenvalue weighted by atomic mass is 16.5. The van der Waals surface area contributed by atoms with Gasteiger partial charge in [0.15, 0.2) is 5.82 Å². The third-order valence-electron chi connectivity index (χ3n) is 5.03. The fourth-order valence-corrected chi connectivity index (χ4v) is 3.64. The molecule has 2 aromatic heterocycles. The third kappa shape index (κ3) is 3.02. The summed E-state index contributed by atoms with van der Waals surface area (Å²) in [6.45, 7) is 2.19. The van der Waals surface area contributed by atoms with Crippen LogP contribution in [0.4, 0.5) is 5.82 Å². The summed E-state index contributed by atoms with van der Waals surface area (Å²) < 4.78 is 5.36. The molecule has 4 rings (SSSR count). The van der Waals surface area contributed by atoms with E-state index in [0.29, 0.717) is 19.0 Å². The Kier molecular flexibility index (Phi) is 4.53. The van der Waals surface area contributed by atoms with E-state index in [1.54, 1.807) is 19.5 Å². The number of nitrogens with zero attached hydrogens (tertiary/aromatic N) is 4. The Bertz CT molecular complexity index is 903. The summed E-state index contributed by atoms with van der Waals surface area (Å²) in [5.41, 5.74) is 1.56. The number of aliphatic hydroxyl groups is 1. The van der Waals surface area contributed by atoms with Gasteiger partial charge in [0.25, 0.3) is 0 Å². The Morgan fingerprint density at radius 3 is 2.85 bits per heavy atom. The van der Waals surface area contributed by atoms with E-state index in [-0.39, 0.29) is 12.0 Å². The van der Waals surface area contributed by atoms with Crippen molar-refractivity contribution in [1.29, 1.82) is 0 Å². The van der Waals surface area contributed by atoms with Crippen LogP contribution in [-0.4, -0.2) is 53.5 Å². The molecular formula is C20H22N4O2. The van der Waals surface area contributed by atoms with E-state index in [2.05, 4.69) is 9.88 Å². The average molecular weight is 350 g/mol. The molecule has 1 aliphatic heterocycles. The van der Waals surface area contributed by atoms with E-state index in [1.807, 2.05) is 36.4 Å². The van der Waals surface area contributed by atoms with Gasteiger partial charge in [0.1, 0.15) is 5.82 Å². The normalized spacial score (nSPS) is 20.0. The summed E-state index contributed by atoms with van der Waals surface area (Å²) in [7, 11) is 1.68. The number of para-hydroxylation sites is 1. The van der Waals surface area contributed by atoms with Crippen molar-refractivity contribution in [1.82, 2.24) is 15.0 Å². The first kappa shape index (κ1) is 16.9. The minimum Gasteiger partial charge on any atom is -0.396 e. The van der Waals surface area contributed by atoms with Crippen molar-refractivity contribution in [3.63, 3.8) is 0 Å². The van der Waals surface area contributed by atoms with Crippen LogP contribution in [0.25, 0.3) is 22.3 Å². The fourth-order valence-electron chi connectivity index (χ4n) is 3.64. The zero-order valence-corrected chi connectivity index (χ0v) is 14.8. The summed E-state index contributed by atoms with van der Waals surface area (Å²) in [5, 5.41) is 10.9. The molecule has 1 atom stereocenters. The first-order valence-electron chi connectivity index (χ1n) is 8.77. The number of benzene rings is 1. The van der Waals surface area contributed by atoms with Gasteiger partial charge in [-0.1, -0.05) is 12.1 Å². The van der Waals surface area contributed by atoms with Crippen molar-refractivity contribution in [3.8, 4) is 11.4 Å². The maximum absolute atomic E-state index is 9.91. The molecule has 1 saturated heterocycles. The third-order valence-corrected chi connectivity index (χ3v) is 5.03. The average Bonchev–Trinajstić information content (AvgIpc) is 3.12. The molecule has 0 spiro atoms. The van der Waals surface area contributed by atoms with Gasteiger partial charge >= 0.3 is 0 Å². The number of aliphatic hydroxyl groups excluding tert-OH is 1. The van der Waals surface area contributed by atoms with E-state index in [0.717, 1.165) is 35.2 Å². The summed E-state index contributed by atoms with van der Waals surface area (Å²) in [5.74, 6) is 1.57. The molecule has 1 N–H and O–H groups in total. The Morgan fingerprint density at radius 2 is 2.08 bits per heavy atom. The van der Waals surface area contributed by atoms with Gasteiger partial charge in [0, 0.05) is 49.0 Å². The number of aromatic nitrogens is 3. The number of rotatable bonds is 5. The Labute approximate surface area is 152 Å². The fraction of sp³-hybridized carbons (Fsp3) is 0.350. The molecule has 6 nitrogen and oxygen atoms in total. The SMILES string of the molecule is COCC1(CO)CCN(c2nc(-c3cccnc3)nc3ccccc23)C1. The molecule has 0 aliphatic carbocycles. The largest absolute Gasteiger partial charge is 0.396 e. The van der Waals surface area contributed by atoms with Gasteiger partial charge in [-0.05, 0) is 30.7 Å². The molecule has 1 unspecified atom stereocenters. The lowest BCUT2D eigenvalue weighted by atomic mass is 9.89. The highest BCUT2D eigenvalue weighted by Crippen LogP contribution is 2.36. The van der Waals surface area contributed by atoms with Gasteiger partial charge in [0.05, 0.1) is 18.7 Å². The van der Waals surface area contributed by atoms with Crippen LogP contribution < -0.4 is 4.90 Å². The number of anilines is 1. The maximum atomic E-state index is 9.91. The predicted octanol–water partition coefficient (Wildman–Crippen LogP) is 2.53. The monoisotopic (exact) mass is 350 g/mol. The first-order chi connectivity index (χ1) is 12.7. The molecule has 3 heterocycles. The number of pyridine rings is 1. The molecule has 0 bridgehead atoms. The van der Waals surface area contributed by atoms with Crippen LogP contribution in [-0.2, 0) is 4.74 Å². The molecule has 1 aliphatic rings. The highest BCUT2D eigenvalue weighted by Gasteiger charge is 2.39. The van der Waals surface area contributed by atoms with E-state index in [1.165, 1.54) is 0 Å². The van der Waals surface area contributed by atoms with Crippen molar-refractivity contribution in [2.24, 2.45) is 5.41 Å². The zero-order chi connectivity index (χ0) is 18.0. The molecule has 1 aromatic carbocycles. The van der Waals surface area contributed by atoms with Gasteiger partial charge < -0.3 is 14.7 Å². The Morgan fingerprint density at radius 1 is 1.19 bits per heavy atom. The standard InChI is InChI=1S/C20H22N4O2/c1-26-14-20(13-25)8-10-24(12-20)19-16-6-2-3-7-17(16)22-18(23-19)15-5-4-9-21-11-15/h2-7,9,11,25H,8,10,12-14H2,1H3. The van der Waals surface area contributed by atoms with Crippen LogP contribution in [0.3, 0.4) is 0 Å². The molecule has 0 radical (unpaired) electrons. The summed E-state index contributed by atoms with van der Waals surface area (Å²) in [6, 6.07) is 11.9. The highest BCUT2D eigenvalue weighted by molar-refractivity contribution is 5.91. The number of fused-ring (bicyclic) bond motifs is 1. The maximum Gasteiger partial charge on any atom is 0.163 e. The Hall–Kier alpha value is -2.57. The summed E-state index contributed by atoms with van der Waals surface area (Å²) in [6.07, 6.45) is 4.39. The van der Waals surface area contributed by atoms with E-state index in [9.17, 15) is 5.11 Å². The van der Waals surface area contributed by atoms with Crippen molar-refractivity contribution >= 4 is 16.7 Å². The second-order valence-corrected chi connectivity index (χ2v) is 6.89. The lowest BCUT2D eigenvalue weighted by Gasteiger charge is -2.27. The molecule has 26 heavy (non-hydrogen) atoms. The summed E-state index contributed by atoms with van der Waals surface area (Å²) >= 11 is 0. The molecule has 6 heteroatoms. The topological polar surface area (TPSA) is 71.4 Å². The van der Waals surface area contributed by atoms with E-state index in [4.69, 9.17) is 14.7 Å². The Balaban J connectivity index is 1.79. The van der Waals surface area contributed by atoms with Gasteiger partial charge in [-0.25, -0.2) is 9.97 Å². The van der Waals surface area contributed by atoms with Crippen molar-refractivity contribution in [3.05, 3.63) is 48.8 Å². The molecule has 1 fully saturated rings. The summed E-state index contributed by atoms with van der Waals surface area (Å²) in [4.78, 5) is 16.0. The second kappa shape index (κ2) is 6.97. The van der Waals surface area contributed by atoms with Crippen LogP contribution in [0.2, 0.25) is 0 Å². The number of methoxy groups -OCH3 is 1. The van der Waals surface area contributed by atoms with Crippen LogP contribution >= 0.6 is 0 Å². The lowest BCUT2D eigenvalue weighted by Crippen LogP contribution is -2.34. The minimum atomic E-state index is -0.241. The minimum absolute atomic E-state index is 0.107. The van der Waals surface area contributed by atoms with Gasteiger partial charge in [-0.15, -0.1) is 0 Å². The van der Waals surface area contributed by atoms with Crippen LogP contribution in [0.5, 0.6) is 0 Å². The predicted molar refractivity (Wildman–Crippen MR) is 101 cm³/mol. The van der Waals surface area contributed by atoms with Crippen molar-refractivity contribution < 1.29 is 9.84 Å². The molecule has 3 aromatic rings. The van der Waals surface area contributed by atoms with E-state index >= 15 is 0 Å². The first-order valence-corrected chi connectivity index (χ1v) is 8.77. The number of hydrogen-bond acceptors (Lipinski definition) is 6. The van der Waals surface area contributed by atoms with Crippen LogP contribution in [0, 0.1) is 5.41 Å². The number of hydrogen-bond donors (Lipinski definition) is 1. The lowest BCUT2D eigenvalue weighted by molar-refractivity contribution is 0.0447. The van der Waals surface area contributed by atoms with Gasteiger partial charge in [-0.2, -0.15) is 0 Å². The van der Waals surface area contributed by atoms with Crippen molar-refractivity contribution in [2.45, 2.75) is 6.42 Å². The zero-order valence-electron chi connectivity index (χ0n) is 14.8. The number of ether oxygens (including phenoxy) is 1. The van der Waals surface area contributed by atoms with Gasteiger partial charge in [0.2, 0.25) is 0 Å². The molecule has 134 valence electrons. The van der Waals surface area contributed by atoms with Gasteiger partial charge in [-0.3, -0.25) is 4.98 Å². The van der Waals surface area contributed by atoms with Crippen LogP contribution in [0.15, 0.2) is 48.8 Å². The van der Waals surface area contributed by atoms with Crippen molar-refractivity contribution in [2.75, 3.05) is 38.3 Å². The molecule has 0 saturated carbocycles. The smallest absolute Gasteiger partial charge is 0.163 e. The quantitative estimate of drug-likeness (QED) is 0.762. The second-order valence-electron chi connectivity index (χ2n) is 6.89. The van der Waals surface area contributed by atoms with E-state index < -0.39 is 0 Å². The molecular weight excluding hydrogens is 328 g/mol. The van der Waals surface area contributed by atoms with Crippen LogP contribution in [0.1, 0.15) is 6.42 Å².